The highest BCUT2D eigenvalue weighted by Gasteiger charge is 2.67. The van der Waals surface area contributed by atoms with E-state index in [9.17, 15) is 28.3 Å². The van der Waals surface area contributed by atoms with E-state index in [0.717, 1.165) is 49.7 Å². The maximum atomic E-state index is 13.8. The fourth-order valence-electron chi connectivity index (χ4n) is 10.4. The lowest BCUT2D eigenvalue weighted by Crippen LogP contribution is -2.62. The van der Waals surface area contributed by atoms with Crippen molar-refractivity contribution in [1.29, 1.82) is 0 Å². The number of ketones is 1. The molecule has 6 atom stereocenters. The molecule has 3 saturated carbocycles. The fraction of sp³-hybridized carbons (Fsp3) is 0.550. The second-order valence-electron chi connectivity index (χ2n) is 16.8. The molecular formula is C40H48N2O9S. The quantitative estimate of drug-likeness (QED) is 0.169. The van der Waals surface area contributed by atoms with Gasteiger partial charge in [0.05, 0.1) is 28.7 Å². The fourth-order valence-corrected chi connectivity index (χ4v) is 11.7. The Balaban J connectivity index is 1.04. The molecule has 0 bridgehead atoms. The van der Waals surface area contributed by atoms with Crippen LogP contribution in [0.15, 0.2) is 91.2 Å². The molecule has 1 aromatic carbocycles. The molecule has 0 radical (unpaired) electrons. The second-order valence-corrected chi connectivity index (χ2v) is 18.7. The highest BCUT2D eigenvalue weighted by Crippen LogP contribution is 2.75. The van der Waals surface area contributed by atoms with Gasteiger partial charge in [-0.15, -0.1) is 0 Å². The Morgan fingerprint density at radius 1 is 1.02 bits per heavy atom. The zero-order valence-corrected chi connectivity index (χ0v) is 31.6. The first kappa shape index (κ1) is 36.2. The average molecular weight is 733 g/mol. The summed E-state index contributed by atoms with van der Waals surface area (Å²) < 4.78 is 42.1. The van der Waals surface area contributed by atoms with Crippen LogP contribution in [-0.4, -0.2) is 43.6 Å². The number of ether oxygens (including phenoxy) is 2. The van der Waals surface area contributed by atoms with Crippen molar-refractivity contribution < 1.29 is 42.1 Å². The summed E-state index contributed by atoms with van der Waals surface area (Å²) >= 11 is 0. The number of hydrogen-bond acceptors (Lipinski definition) is 10. The van der Waals surface area contributed by atoms with Crippen molar-refractivity contribution in [2.45, 2.75) is 103 Å². The first-order valence-electron chi connectivity index (χ1n) is 18.2. The molecule has 1 N–H and O–H groups in total. The standard InChI is InChI=1S/C40H48N2O9S/c1-25-27-13-14-30-38(4,28(27)23-29(43)32(25)44)18-20-40(6)31-24-37(3,16-15-36(31,2)17-19-39(30,40)5)35(45)50-22-10-21-49-33-34(42(46)51-41-33)52(47,48)26-11-8-7-9-12-26/h7-9,11-14,23,31,44H,10,15-22,24H2,1-6H3/t31-,36-,37-,38+,39-,40+/m1/s1. The van der Waals surface area contributed by atoms with Gasteiger partial charge in [0.2, 0.25) is 5.78 Å². The summed E-state index contributed by atoms with van der Waals surface area (Å²) in [4.78, 5) is 26.4. The molecular weight excluding hydrogens is 685 g/mol. The van der Waals surface area contributed by atoms with Crippen LogP contribution in [0.5, 0.6) is 5.88 Å². The normalized spacial score (nSPS) is 34.2. The maximum Gasteiger partial charge on any atom is 0.414 e. The molecule has 1 aromatic heterocycles. The van der Waals surface area contributed by atoms with E-state index < -0.39 is 26.2 Å². The van der Waals surface area contributed by atoms with E-state index in [0.29, 0.717) is 12.0 Å². The van der Waals surface area contributed by atoms with Crippen LogP contribution in [0, 0.1) is 38.2 Å². The van der Waals surface area contributed by atoms with Gasteiger partial charge in [-0.25, -0.2) is 8.42 Å². The molecule has 0 unspecified atom stereocenters. The molecule has 52 heavy (non-hydrogen) atoms. The van der Waals surface area contributed by atoms with Crippen molar-refractivity contribution >= 4 is 21.6 Å². The molecule has 12 heteroatoms. The summed E-state index contributed by atoms with van der Waals surface area (Å²) in [6.07, 6.45) is 12.5. The van der Waals surface area contributed by atoms with Crippen LogP contribution in [0.2, 0.25) is 0 Å². The van der Waals surface area contributed by atoms with Crippen molar-refractivity contribution in [2.75, 3.05) is 13.2 Å². The van der Waals surface area contributed by atoms with Gasteiger partial charge in [-0.1, -0.05) is 63.6 Å². The number of aliphatic hydroxyl groups is 1. The second kappa shape index (κ2) is 12.2. The molecule has 3 fully saturated rings. The number of fused-ring (bicyclic) bond motifs is 7. The van der Waals surface area contributed by atoms with Gasteiger partial charge in [0.15, 0.2) is 5.76 Å². The molecule has 7 rings (SSSR count). The first-order valence-corrected chi connectivity index (χ1v) is 19.7. The number of sulfone groups is 1. The van der Waals surface area contributed by atoms with Gasteiger partial charge < -0.3 is 19.8 Å². The number of aromatic nitrogens is 2. The number of esters is 1. The van der Waals surface area contributed by atoms with Crippen LogP contribution >= 0.6 is 0 Å². The minimum absolute atomic E-state index is 0.0496. The van der Waals surface area contributed by atoms with Gasteiger partial charge in [-0.05, 0) is 115 Å². The predicted molar refractivity (Wildman–Crippen MR) is 189 cm³/mol. The number of allylic oxidation sites excluding steroid dienone is 7. The molecule has 0 amide bonds. The predicted octanol–water partition coefficient (Wildman–Crippen LogP) is 7.08. The maximum absolute atomic E-state index is 13.8. The van der Waals surface area contributed by atoms with E-state index in [4.69, 9.17) is 9.47 Å². The molecule has 5 aliphatic carbocycles. The first-order chi connectivity index (χ1) is 24.4. The number of rotatable bonds is 8. The van der Waals surface area contributed by atoms with Crippen LogP contribution in [0.4, 0.5) is 0 Å². The van der Waals surface area contributed by atoms with Crippen molar-refractivity contribution in [2.24, 2.45) is 33.0 Å². The van der Waals surface area contributed by atoms with Gasteiger partial charge in [0.1, 0.15) is 0 Å². The van der Waals surface area contributed by atoms with E-state index >= 15 is 0 Å². The minimum Gasteiger partial charge on any atom is -0.504 e. The molecule has 0 aliphatic heterocycles. The van der Waals surface area contributed by atoms with Crippen LogP contribution in [0.3, 0.4) is 0 Å². The van der Waals surface area contributed by atoms with E-state index in [1.807, 2.05) is 13.8 Å². The number of aliphatic hydroxyl groups excluding tert-OH is 1. The Morgan fingerprint density at radius 2 is 1.73 bits per heavy atom. The number of carbonyl (C=O) groups is 2. The summed E-state index contributed by atoms with van der Waals surface area (Å²) in [5.74, 6) is -0.948. The monoisotopic (exact) mass is 732 g/mol. The van der Waals surface area contributed by atoms with Crippen molar-refractivity contribution in [3.63, 3.8) is 0 Å². The zero-order valence-electron chi connectivity index (χ0n) is 30.8. The van der Waals surface area contributed by atoms with Crippen LogP contribution in [0.25, 0.3) is 0 Å². The summed E-state index contributed by atoms with van der Waals surface area (Å²) in [6, 6.07) is 7.47. The van der Waals surface area contributed by atoms with Crippen molar-refractivity contribution in [3.8, 4) is 5.88 Å². The number of nitrogens with zero attached hydrogens (tertiary/aromatic N) is 2. The minimum atomic E-state index is -4.24. The third kappa shape index (κ3) is 5.21. The molecule has 2 aromatic rings. The van der Waals surface area contributed by atoms with Crippen LogP contribution < -0.4 is 9.64 Å². The molecule has 11 nitrogen and oxygen atoms in total. The Bertz CT molecular complexity index is 2080. The SMILES string of the molecule is CC1=C(O)C(=O)C=C2C1=CC=C1[C@@]2(C)CC[C@@]2(C)[C@@H]3C[C@](C)(C(=O)OCCCOc4no[n+]([O-])c4S(=O)(=O)c4ccccc4)CC[C@]3(C)CC[C@]12C. The number of carbonyl (C=O) groups excluding carboxylic acids is 2. The van der Waals surface area contributed by atoms with Gasteiger partial charge in [0.25, 0.3) is 9.84 Å². The summed E-state index contributed by atoms with van der Waals surface area (Å²) in [6.45, 7) is 13.3. The topological polar surface area (TPSA) is 160 Å². The largest absolute Gasteiger partial charge is 0.504 e. The summed E-state index contributed by atoms with van der Waals surface area (Å²) in [5, 5.41) is 25.4. The highest BCUT2D eigenvalue weighted by atomic mass is 32.2. The van der Waals surface area contributed by atoms with E-state index in [2.05, 4.69) is 49.6 Å². The molecule has 1 heterocycles. The van der Waals surface area contributed by atoms with Gasteiger partial charge >= 0.3 is 16.9 Å². The van der Waals surface area contributed by atoms with Gasteiger partial charge in [-0.2, -0.15) is 0 Å². The summed E-state index contributed by atoms with van der Waals surface area (Å²) in [7, 11) is -4.24. The number of hydrogen-bond donors (Lipinski definition) is 1. The molecule has 278 valence electrons. The third-order valence-electron chi connectivity index (χ3n) is 14.0. The Hall–Kier alpha value is -4.19. The van der Waals surface area contributed by atoms with E-state index in [-0.39, 0.29) is 74.5 Å². The van der Waals surface area contributed by atoms with Crippen LogP contribution in [-0.2, 0) is 24.2 Å². The number of benzene rings is 1. The smallest absolute Gasteiger partial charge is 0.414 e. The lowest BCUT2D eigenvalue weighted by Gasteiger charge is -2.70. The lowest BCUT2D eigenvalue weighted by atomic mass is 9.34. The van der Waals surface area contributed by atoms with Crippen LogP contribution in [0.1, 0.15) is 92.9 Å². The Morgan fingerprint density at radius 3 is 2.46 bits per heavy atom. The molecule has 0 spiro atoms. The third-order valence-corrected chi connectivity index (χ3v) is 15.7. The Labute approximate surface area is 304 Å². The van der Waals surface area contributed by atoms with Gasteiger partial charge in [-0.3, -0.25) is 14.2 Å². The van der Waals surface area contributed by atoms with Crippen molar-refractivity contribution in [3.05, 3.63) is 81.8 Å². The Kier molecular flexibility index (Phi) is 8.47. The zero-order chi connectivity index (χ0) is 37.5. The highest BCUT2D eigenvalue weighted by molar-refractivity contribution is 7.91. The van der Waals surface area contributed by atoms with Gasteiger partial charge in [0, 0.05) is 17.4 Å². The van der Waals surface area contributed by atoms with Crippen molar-refractivity contribution in [1.82, 2.24) is 5.16 Å². The molecule has 5 aliphatic rings. The molecule has 0 saturated heterocycles. The van der Waals surface area contributed by atoms with E-state index in [1.165, 1.54) is 17.7 Å². The van der Waals surface area contributed by atoms with E-state index in [1.54, 1.807) is 24.3 Å². The summed E-state index contributed by atoms with van der Waals surface area (Å²) in [5.41, 5.74) is 2.73. The average Bonchev–Trinajstić information content (AvgIpc) is 3.50. The lowest BCUT2D eigenvalue weighted by molar-refractivity contribution is -0.832.